The molecule has 106 valence electrons. The SMILES string of the molecule is COc1cc(CC(C#N)C(=O)O)c([N+](=O)[O-])cc1OC. The molecular formula is C12H12N2O6. The van der Waals surface area contributed by atoms with Gasteiger partial charge in [-0.15, -0.1) is 0 Å². The number of benzene rings is 1. The molecule has 1 N–H and O–H groups in total. The highest BCUT2D eigenvalue weighted by Gasteiger charge is 2.25. The van der Waals surface area contributed by atoms with Gasteiger partial charge < -0.3 is 14.6 Å². The van der Waals surface area contributed by atoms with Crippen molar-refractivity contribution < 1.29 is 24.3 Å². The molecule has 0 aliphatic heterocycles. The van der Waals surface area contributed by atoms with Crippen LogP contribution in [-0.4, -0.2) is 30.2 Å². The third-order valence-corrected chi connectivity index (χ3v) is 2.66. The minimum atomic E-state index is -1.37. The predicted molar refractivity (Wildman–Crippen MR) is 66.6 cm³/mol. The number of nitro groups is 1. The lowest BCUT2D eigenvalue weighted by Gasteiger charge is -2.11. The molecule has 1 unspecified atom stereocenters. The van der Waals surface area contributed by atoms with E-state index in [9.17, 15) is 14.9 Å². The van der Waals surface area contributed by atoms with E-state index in [2.05, 4.69) is 0 Å². The van der Waals surface area contributed by atoms with E-state index in [1.807, 2.05) is 0 Å². The fourth-order valence-electron chi connectivity index (χ4n) is 1.65. The molecule has 0 amide bonds. The average Bonchev–Trinajstić information content (AvgIpc) is 2.43. The van der Waals surface area contributed by atoms with Crippen molar-refractivity contribution >= 4 is 11.7 Å². The van der Waals surface area contributed by atoms with Gasteiger partial charge in [0.15, 0.2) is 11.5 Å². The maximum atomic E-state index is 11.0. The van der Waals surface area contributed by atoms with Crippen LogP contribution in [0.1, 0.15) is 5.56 Å². The van der Waals surface area contributed by atoms with Crippen molar-refractivity contribution in [3.05, 3.63) is 27.8 Å². The molecule has 1 rings (SSSR count). The predicted octanol–water partition coefficient (Wildman–Crippen LogP) is 1.38. The van der Waals surface area contributed by atoms with E-state index in [0.717, 1.165) is 6.07 Å². The van der Waals surface area contributed by atoms with Gasteiger partial charge in [0.2, 0.25) is 0 Å². The maximum absolute atomic E-state index is 11.0. The summed E-state index contributed by atoms with van der Waals surface area (Å²) in [5.74, 6) is -2.31. The minimum absolute atomic E-state index is 0.0987. The highest BCUT2D eigenvalue weighted by molar-refractivity contribution is 5.73. The number of rotatable bonds is 6. The molecule has 8 heteroatoms. The summed E-state index contributed by atoms with van der Waals surface area (Å²) >= 11 is 0. The molecule has 0 heterocycles. The van der Waals surface area contributed by atoms with Gasteiger partial charge >= 0.3 is 5.97 Å². The molecule has 0 fully saturated rings. The van der Waals surface area contributed by atoms with Gasteiger partial charge in [0.25, 0.3) is 5.69 Å². The van der Waals surface area contributed by atoms with Gasteiger partial charge in [-0.25, -0.2) is 0 Å². The van der Waals surface area contributed by atoms with Crippen LogP contribution in [0.4, 0.5) is 5.69 Å². The van der Waals surface area contributed by atoms with Crippen LogP contribution in [0.25, 0.3) is 0 Å². The Morgan fingerprint density at radius 1 is 1.45 bits per heavy atom. The van der Waals surface area contributed by atoms with Crippen LogP contribution < -0.4 is 9.47 Å². The van der Waals surface area contributed by atoms with E-state index in [4.69, 9.17) is 19.8 Å². The molecule has 1 atom stereocenters. The highest BCUT2D eigenvalue weighted by atomic mass is 16.6. The molecule has 0 spiro atoms. The zero-order valence-corrected chi connectivity index (χ0v) is 10.8. The summed E-state index contributed by atoms with van der Waals surface area (Å²) in [6.07, 6.45) is -0.289. The number of nitrogens with zero attached hydrogens (tertiary/aromatic N) is 2. The lowest BCUT2D eigenvalue weighted by molar-refractivity contribution is -0.385. The number of aliphatic carboxylic acids is 1. The molecule has 0 saturated carbocycles. The fourth-order valence-corrected chi connectivity index (χ4v) is 1.65. The number of carbonyl (C=O) groups is 1. The van der Waals surface area contributed by atoms with Crippen LogP contribution in [-0.2, 0) is 11.2 Å². The van der Waals surface area contributed by atoms with E-state index in [-0.39, 0.29) is 29.2 Å². The molecule has 0 bridgehead atoms. The number of methoxy groups -OCH3 is 2. The van der Waals surface area contributed by atoms with Gasteiger partial charge in [0.05, 0.1) is 31.3 Å². The third-order valence-electron chi connectivity index (χ3n) is 2.66. The molecule has 0 aliphatic rings. The quantitative estimate of drug-likeness (QED) is 0.616. The summed E-state index contributed by atoms with van der Waals surface area (Å²) in [5.41, 5.74) is -0.217. The second-order valence-electron chi connectivity index (χ2n) is 3.82. The third kappa shape index (κ3) is 3.14. The first-order chi connectivity index (χ1) is 9.44. The van der Waals surface area contributed by atoms with Gasteiger partial charge in [0, 0.05) is 12.0 Å². The van der Waals surface area contributed by atoms with Crippen molar-refractivity contribution in [3.8, 4) is 17.6 Å². The molecule has 0 saturated heterocycles. The van der Waals surface area contributed by atoms with Gasteiger partial charge in [0.1, 0.15) is 5.92 Å². The molecule has 0 radical (unpaired) electrons. The number of nitro benzene ring substituents is 1. The number of ether oxygens (including phenoxy) is 2. The van der Waals surface area contributed by atoms with Crippen LogP contribution >= 0.6 is 0 Å². The molecule has 20 heavy (non-hydrogen) atoms. The molecule has 0 aromatic heterocycles. The standard InChI is InChI=1S/C12H12N2O6/c1-19-10-4-7(3-8(6-13)12(15)16)9(14(17)18)5-11(10)20-2/h4-5,8H,3H2,1-2H3,(H,15,16). The van der Waals surface area contributed by atoms with Crippen LogP contribution in [0, 0.1) is 27.4 Å². The van der Waals surface area contributed by atoms with Crippen molar-refractivity contribution in [2.75, 3.05) is 14.2 Å². The Hall–Kier alpha value is -2.82. The summed E-state index contributed by atoms with van der Waals surface area (Å²) in [6, 6.07) is 4.04. The van der Waals surface area contributed by atoms with Gasteiger partial charge in [-0.2, -0.15) is 5.26 Å². The summed E-state index contributed by atoms with van der Waals surface area (Å²) in [4.78, 5) is 21.2. The van der Waals surface area contributed by atoms with E-state index in [1.165, 1.54) is 20.3 Å². The smallest absolute Gasteiger partial charge is 0.321 e. The zero-order chi connectivity index (χ0) is 15.3. The van der Waals surface area contributed by atoms with Crippen molar-refractivity contribution in [2.24, 2.45) is 5.92 Å². The van der Waals surface area contributed by atoms with Gasteiger partial charge in [-0.1, -0.05) is 0 Å². The van der Waals surface area contributed by atoms with Gasteiger partial charge in [-0.3, -0.25) is 14.9 Å². The summed E-state index contributed by atoms with van der Waals surface area (Å²) in [6.45, 7) is 0. The number of nitriles is 1. The second-order valence-corrected chi connectivity index (χ2v) is 3.82. The number of carboxylic acid groups (broad SMARTS) is 1. The Bertz CT molecular complexity index is 578. The number of hydrogen-bond acceptors (Lipinski definition) is 6. The Labute approximate surface area is 114 Å². The van der Waals surface area contributed by atoms with Crippen LogP contribution in [0.5, 0.6) is 11.5 Å². The molecule has 1 aromatic carbocycles. The topological polar surface area (TPSA) is 123 Å². The summed E-state index contributed by atoms with van der Waals surface area (Å²) in [7, 11) is 2.68. The molecule has 0 aliphatic carbocycles. The Morgan fingerprint density at radius 2 is 2.00 bits per heavy atom. The number of carboxylic acids is 1. The lowest BCUT2D eigenvalue weighted by Crippen LogP contribution is -2.15. The Morgan fingerprint density at radius 3 is 2.40 bits per heavy atom. The van der Waals surface area contributed by atoms with E-state index < -0.39 is 16.8 Å². The Balaban J connectivity index is 3.33. The summed E-state index contributed by atoms with van der Waals surface area (Å²) < 4.78 is 9.96. The first-order valence-electron chi connectivity index (χ1n) is 5.46. The first-order valence-corrected chi connectivity index (χ1v) is 5.46. The largest absolute Gasteiger partial charge is 0.493 e. The van der Waals surface area contributed by atoms with Crippen LogP contribution in [0.15, 0.2) is 12.1 Å². The second kappa shape index (κ2) is 6.38. The minimum Gasteiger partial charge on any atom is -0.493 e. The first kappa shape index (κ1) is 15.2. The zero-order valence-electron chi connectivity index (χ0n) is 10.8. The van der Waals surface area contributed by atoms with Crippen molar-refractivity contribution in [1.82, 2.24) is 0 Å². The molecule has 8 nitrogen and oxygen atoms in total. The maximum Gasteiger partial charge on any atom is 0.321 e. The normalized spacial score (nSPS) is 11.2. The monoisotopic (exact) mass is 280 g/mol. The van der Waals surface area contributed by atoms with Crippen LogP contribution in [0.2, 0.25) is 0 Å². The highest BCUT2D eigenvalue weighted by Crippen LogP contribution is 2.35. The van der Waals surface area contributed by atoms with Gasteiger partial charge in [-0.05, 0) is 6.07 Å². The van der Waals surface area contributed by atoms with E-state index in [0.29, 0.717) is 0 Å². The molecule has 1 aromatic rings. The Kier molecular flexibility index (Phi) is 4.86. The van der Waals surface area contributed by atoms with E-state index in [1.54, 1.807) is 6.07 Å². The number of hydrogen-bond donors (Lipinski definition) is 1. The molecular weight excluding hydrogens is 268 g/mol. The van der Waals surface area contributed by atoms with Crippen molar-refractivity contribution in [3.63, 3.8) is 0 Å². The van der Waals surface area contributed by atoms with E-state index >= 15 is 0 Å². The van der Waals surface area contributed by atoms with Crippen molar-refractivity contribution in [1.29, 1.82) is 5.26 Å². The fraction of sp³-hybridized carbons (Fsp3) is 0.333. The van der Waals surface area contributed by atoms with Crippen LogP contribution in [0.3, 0.4) is 0 Å². The van der Waals surface area contributed by atoms with Crippen molar-refractivity contribution in [2.45, 2.75) is 6.42 Å². The lowest BCUT2D eigenvalue weighted by atomic mass is 9.99. The summed E-state index contributed by atoms with van der Waals surface area (Å²) in [5, 5.41) is 28.6. The average molecular weight is 280 g/mol.